The molecule has 1 unspecified atom stereocenters. The fourth-order valence-corrected chi connectivity index (χ4v) is 2.49. The van der Waals surface area contributed by atoms with Crippen LogP contribution in [0.2, 0.25) is 0 Å². The van der Waals surface area contributed by atoms with Gasteiger partial charge in [-0.1, -0.05) is 11.6 Å². The molecule has 16 heavy (non-hydrogen) atoms. The SMILES string of the molecule is CC(=CC1CCOCC1)CC1COCCN1. The standard InChI is InChI=1S/C13H23NO2/c1-11(8-12-2-5-15-6-3-12)9-13-10-16-7-4-14-13/h8,12-14H,2-7,9-10H2,1H3. The van der Waals surface area contributed by atoms with Crippen LogP contribution in [0, 0.1) is 5.92 Å². The fourth-order valence-electron chi connectivity index (χ4n) is 2.49. The third kappa shape index (κ3) is 3.89. The molecule has 0 bridgehead atoms. The van der Waals surface area contributed by atoms with Gasteiger partial charge in [0, 0.05) is 25.8 Å². The lowest BCUT2D eigenvalue weighted by molar-refractivity contribution is 0.0751. The van der Waals surface area contributed by atoms with Gasteiger partial charge in [-0.2, -0.15) is 0 Å². The Morgan fingerprint density at radius 3 is 2.75 bits per heavy atom. The van der Waals surface area contributed by atoms with Gasteiger partial charge < -0.3 is 14.8 Å². The quantitative estimate of drug-likeness (QED) is 0.742. The summed E-state index contributed by atoms with van der Waals surface area (Å²) in [6.07, 6.45) is 5.94. The van der Waals surface area contributed by atoms with Crippen molar-refractivity contribution in [2.45, 2.75) is 32.2 Å². The summed E-state index contributed by atoms with van der Waals surface area (Å²) in [7, 11) is 0. The highest BCUT2D eigenvalue weighted by Crippen LogP contribution is 2.19. The molecule has 92 valence electrons. The van der Waals surface area contributed by atoms with E-state index in [-0.39, 0.29) is 0 Å². The molecule has 3 nitrogen and oxygen atoms in total. The number of hydrogen-bond donors (Lipinski definition) is 1. The molecule has 2 aliphatic heterocycles. The maximum Gasteiger partial charge on any atom is 0.0623 e. The molecule has 0 aromatic carbocycles. The molecule has 0 amide bonds. The zero-order valence-electron chi connectivity index (χ0n) is 10.2. The Hall–Kier alpha value is -0.380. The van der Waals surface area contributed by atoms with Gasteiger partial charge in [0.2, 0.25) is 0 Å². The van der Waals surface area contributed by atoms with E-state index < -0.39 is 0 Å². The molecule has 2 aliphatic rings. The van der Waals surface area contributed by atoms with Crippen LogP contribution in [0.1, 0.15) is 26.2 Å². The zero-order chi connectivity index (χ0) is 11.2. The number of hydrogen-bond acceptors (Lipinski definition) is 3. The smallest absolute Gasteiger partial charge is 0.0623 e. The van der Waals surface area contributed by atoms with E-state index in [9.17, 15) is 0 Å². The Morgan fingerprint density at radius 2 is 2.06 bits per heavy atom. The van der Waals surface area contributed by atoms with Crippen LogP contribution in [-0.2, 0) is 9.47 Å². The summed E-state index contributed by atoms with van der Waals surface area (Å²) in [5.74, 6) is 0.734. The molecule has 0 saturated carbocycles. The minimum atomic E-state index is 0.518. The van der Waals surface area contributed by atoms with Crippen LogP contribution >= 0.6 is 0 Å². The van der Waals surface area contributed by atoms with Crippen LogP contribution in [0.5, 0.6) is 0 Å². The van der Waals surface area contributed by atoms with Crippen molar-refractivity contribution in [3.05, 3.63) is 11.6 Å². The summed E-state index contributed by atoms with van der Waals surface area (Å²) in [5, 5.41) is 3.50. The summed E-state index contributed by atoms with van der Waals surface area (Å²) >= 11 is 0. The van der Waals surface area contributed by atoms with Crippen molar-refractivity contribution in [2.75, 3.05) is 33.0 Å². The molecule has 2 rings (SSSR count). The minimum absolute atomic E-state index is 0.518. The van der Waals surface area contributed by atoms with Crippen molar-refractivity contribution in [2.24, 2.45) is 5.92 Å². The van der Waals surface area contributed by atoms with Gasteiger partial charge in [0.25, 0.3) is 0 Å². The molecule has 0 aliphatic carbocycles. The number of morpholine rings is 1. The van der Waals surface area contributed by atoms with Crippen molar-refractivity contribution in [1.29, 1.82) is 0 Å². The Balaban J connectivity index is 1.76. The molecule has 0 aromatic rings. The van der Waals surface area contributed by atoms with Crippen molar-refractivity contribution < 1.29 is 9.47 Å². The first-order chi connectivity index (χ1) is 7.84. The highest BCUT2D eigenvalue weighted by Gasteiger charge is 2.15. The van der Waals surface area contributed by atoms with Gasteiger partial charge in [-0.3, -0.25) is 0 Å². The highest BCUT2D eigenvalue weighted by molar-refractivity contribution is 5.04. The minimum Gasteiger partial charge on any atom is -0.381 e. The third-order valence-electron chi connectivity index (χ3n) is 3.35. The van der Waals surface area contributed by atoms with Gasteiger partial charge in [0.05, 0.1) is 13.2 Å². The second-order valence-corrected chi connectivity index (χ2v) is 4.89. The van der Waals surface area contributed by atoms with Crippen LogP contribution in [0.4, 0.5) is 0 Å². The van der Waals surface area contributed by atoms with Gasteiger partial charge in [-0.25, -0.2) is 0 Å². The van der Waals surface area contributed by atoms with E-state index >= 15 is 0 Å². The lowest BCUT2D eigenvalue weighted by atomic mass is 9.95. The first-order valence-corrected chi connectivity index (χ1v) is 6.41. The molecule has 2 saturated heterocycles. The molecular weight excluding hydrogens is 202 g/mol. The van der Waals surface area contributed by atoms with Gasteiger partial charge in [-0.05, 0) is 32.1 Å². The molecule has 0 radical (unpaired) electrons. The largest absolute Gasteiger partial charge is 0.381 e. The predicted octanol–water partition coefficient (Wildman–Crippen LogP) is 1.74. The molecule has 1 atom stereocenters. The van der Waals surface area contributed by atoms with E-state index in [4.69, 9.17) is 9.47 Å². The molecule has 3 heteroatoms. The summed E-state index contributed by atoms with van der Waals surface area (Å²) in [6, 6.07) is 0.518. The molecule has 2 fully saturated rings. The molecule has 0 aromatic heterocycles. The number of rotatable bonds is 3. The van der Waals surface area contributed by atoms with Gasteiger partial charge in [-0.15, -0.1) is 0 Å². The lowest BCUT2D eigenvalue weighted by Gasteiger charge is -2.25. The van der Waals surface area contributed by atoms with Gasteiger partial charge in [0.1, 0.15) is 0 Å². The van der Waals surface area contributed by atoms with Crippen molar-refractivity contribution >= 4 is 0 Å². The Kier molecular flexibility index (Phi) is 4.82. The van der Waals surface area contributed by atoms with Crippen LogP contribution < -0.4 is 5.32 Å². The van der Waals surface area contributed by atoms with E-state index in [1.165, 1.54) is 18.4 Å². The molecular formula is C13H23NO2. The Morgan fingerprint density at radius 1 is 1.25 bits per heavy atom. The monoisotopic (exact) mass is 225 g/mol. The number of allylic oxidation sites excluding steroid dienone is 1. The van der Waals surface area contributed by atoms with E-state index in [0.29, 0.717) is 6.04 Å². The zero-order valence-corrected chi connectivity index (χ0v) is 10.2. The molecule has 2 heterocycles. The topological polar surface area (TPSA) is 30.5 Å². The first-order valence-electron chi connectivity index (χ1n) is 6.41. The summed E-state index contributed by atoms with van der Waals surface area (Å²) < 4.78 is 10.8. The molecule has 1 N–H and O–H groups in total. The third-order valence-corrected chi connectivity index (χ3v) is 3.35. The van der Waals surface area contributed by atoms with E-state index in [1.807, 2.05) is 0 Å². The van der Waals surface area contributed by atoms with Crippen LogP contribution in [-0.4, -0.2) is 39.0 Å². The van der Waals surface area contributed by atoms with Crippen molar-refractivity contribution in [1.82, 2.24) is 5.32 Å². The Labute approximate surface area is 98.2 Å². The number of nitrogens with one attached hydrogen (secondary N) is 1. The number of ether oxygens (including phenoxy) is 2. The first kappa shape index (κ1) is 12.1. The van der Waals surface area contributed by atoms with Crippen molar-refractivity contribution in [3.8, 4) is 0 Å². The lowest BCUT2D eigenvalue weighted by Crippen LogP contribution is -2.41. The normalized spacial score (nSPS) is 29.3. The second kappa shape index (κ2) is 6.38. The van der Waals surface area contributed by atoms with Gasteiger partial charge in [0.15, 0.2) is 0 Å². The van der Waals surface area contributed by atoms with E-state index in [0.717, 1.165) is 45.3 Å². The summed E-state index contributed by atoms with van der Waals surface area (Å²) in [6.45, 7) is 6.82. The Bertz CT molecular complexity index is 228. The summed E-state index contributed by atoms with van der Waals surface area (Å²) in [4.78, 5) is 0. The second-order valence-electron chi connectivity index (χ2n) is 4.89. The average Bonchev–Trinajstić information content (AvgIpc) is 2.31. The fraction of sp³-hybridized carbons (Fsp3) is 0.846. The maximum atomic E-state index is 5.46. The predicted molar refractivity (Wildman–Crippen MR) is 64.5 cm³/mol. The maximum absolute atomic E-state index is 5.46. The van der Waals surface area contributed by atoms with Crippen LogP contribution in [0.15, 0.2) is 11.6 Å². The van der Waals surface area contributed by atoms with Crippen LogP contribution in [0.25, 0.3) is 0 Å². The van der Waals surface area contributed by atoms with E-state index in [2.05, 4.69) is 18.3 Å². The van der Waals surface area contributed by atoms with Crippen molar-refractivity contribution in [3.63, 3.8) is 0 Å². The van der Waals surface area contributed by atoms with E-state index in [1.54, 1.807) is 0 Å². The van der Waals surface area contributed by atoms with Crippen LogP contribution in [0.3, 0.4) is 0 Å². The average molecular weight is 225 g/mol. The highest BCUT2D eigenvalue weighted by atomic mass is 16.5. The molecule has 0 spiro atoms. The summed E-state index contributed by atoms with van der Waals surface area (Å²) in [5.41, 5.74) is 1.50. The van der Waals surface area contributed by atoms with Gasteiger partial charge >= 0.3 is 0 Å².